The Morgan fingerprint density at radius 3 is 1.73 bits per heavy atom. The third-order valence-electron chi connectivity index (χ3n) is 2.24. The maximum absolute atomic E-state index is 5.56. The average Bonchev–Trinajstić information content (AvgIpc) is 2.32. The molecule has 0 aromatic carbocycles. The first-order valence-corrected chi connectivity index (χ1v) is 5.89. The lowest BCUT2D eigenvalue weighted by atomic mass is 10.2. The maximum atomic E-state index is 5.56. The van der Waals surface area contributed by atoms with Crippen molar-refractivity contribution in [3.05, 3.63) is 0 Å². The normalized spacial score (nSPS) is 22.8. The summed E-state index contributed by atoms with van der Waals surface area (Å²) in [5, 5.41) is 0. The Morgan fingerprint density at radius 1 is 0.867 bits per heavy atom. The number of hydrogen-bond acceptors (Lipinski definition) is 4. The highest BCUT2D eigenvalue weighted by atomic mass is 17.0. The van der Waals surface area contributed by atoms with Crippen molar-refractivity contribution in [3.8, 4) is 0 Å². The van der Waals surface area contributed by atoms with Crippen LogP contribution in [0.25, 0.3) is 0 Å². The lowest BCUT2D eigenvalue weighted by Gasteiger charge is -2.30. The molecule has 0 saturated carbocycles. The van der Waals surface area contributed by atoms with E-state index >= 15 is 0 Å². The van der Waals surface area contributed by atoms with Gasteiger partial charge in [-0.2, -0.15) is 0 Å². The van der Waals surface area contributed by atoms with Gasteiger partial charge in [-0.05, 0) is 26.7 Å². The molecule has 4 heteroatoms. The van der Waals surface area contributed by atoms with Gasteiger partial charge in [0.05, 0.1) is 26.4 Å². The molecule has 90 valence electrons. The second-order valence-electron chi connectivity index (χ2n) is 3.48. The van der Waals surface area contributed by atoms with Gasteiger partial charge in [-0.25, -0.2) is 0 Å². The summed E-state index contributed by atoms with van der Waals surface area (Å²) in [6.07, 6.45) is 3.17. The minimum atomic E-state index is -1.26. The lowest BCUT2D eigenvalue weighted by molar-refractivity contribution is -0.497. The van der Waals surface area contributed by atoms with Gasteiger partial charge in [0.15, 0.2) is 0 Å². The second-order valence-corrected chi connectivity index (χ2v) is 3.48. The largest absolute Gasteiger partial charge is 0.412 e. The first kappa shape index (κ1) is 12.9. The molecule has 1 saturated heterocycles. The Hall–Kier alpha value is -0.160. The van der Waals surface area contributed by atoms with E-state index in [2.05, 4.69) is 0 Å². The summed E-state index contributed by atoms with van der Waals surface area (Å²) >= 11 is 0. The highest BCUT2D eigenvalue weighted by Crippen LogP contribution is 2.21. The van der Waals surface area contributed by atoms with Crippen molar-refractivity contribution in [3.63, 3.8) is 0 Å². The quantitative estimate of drug-likeness (QED) is 0.678. The molecule has 0 aromatic rings. The van der Waals surface area contributed by atoms with Gasteiger partial charge in [0, 0.05) is 0 Å². The molecule has 4 nitrogen and oxygen atoms in total. The van der Waals surface area contributed by atoms with Crippen LogP contribution in [-0.2, 0) is 18.9 Å². The van der Waals surface area contributed by atoms with Gasteiger partial charge in [-0.1, -0.05) is 12.8 Å². The molecular weight excluding hydrogens is 196 g/mol. The van der Waals surface area contributed by atoms with E-state index in [1.807, 2.05) is 13.8 Å². The topological polar surface area (TPSA) is 36.9 Å². The number of ether oxygens (including phenoxy) is 4. The molecule has 0 amide bonds. The molecule has 1 heterocycles. The van der Waals surface area contributed by atoms with E-state index in [0.29, 0.717) is 26.4 Å². The molecule has 0 aromatic heterocycles. The van der Waals surface area contributed by atoms with Gasteiger partial charge in [0.1, 0.15) is 0 Å². The standard InChI is InChI=1S/C11H22O4/c1-3-12-11(13-4-2)14-9-7-5-6-8-10-15-11/h3-10H2,1-2H3. The Morgan fingerprint density at radius 2 is 1.33 bits per heavy atom. The summed E-state index contributed by atoms with van der Waals surface area (Å²) in [6.45, 7) is 6.08. The van der Waals surface area contributed by atoms with E-state index in [1.54, 1.807) is 0 Å². The predicted molar refractivity (Wildman–Crippen MR) is 56.4 cm³/mol. The van der Waals surface area contributed by atoms with Gasteiger partial charge in [0.25, 0.3) is 0 Å². The van der Waals surface area contributed by atoms with E-state index in [4.69, 9.17) is 18.9 Å². The van der Waals surface area contributed by atoms with Crippen molar-refractivity contribution >= 4 is 0 Å². The van der Waals surface area contributed by atoms with Crippen LogP contribution in [0.2, 0.25) is 0 Å². The Labute approximate surface area is 91.8 Å². The lowest BCUT2D eigenvalue weighted by Crippen LogP contribution is -2.42. The van der Waals surface area contributed by atoms with Crippen LogP contribution in [0.3, 0.4) is 0 Å². The third kappa shape index (κ3) is 4.47. The first-order valence-electron chi connectivity index (χ1n) is 5.89. The van der Waals surface area contributed by atoms with Crippen molar-refractivity contribution in [2.24, 2.45) is 0 Å². The maximum Gasteiger partial charge on any atom is 0.412 e. The fourth-order valence-corrected chi connectivity index (χ4v) is 1.56. The van der Waals surface area contributed by atoms with E-state index in [0.717, 1.165) is 12.8 Å². The van der Waals surface area contributed by atoms with E-state index in [1.165, 1.54) is 12.8 Å². The molecule has 0 radical (unpaired) electrons. The van der Waals surface area contributed by atoms with Crippen LogP contribution in [0, 0.1) is 0 Å². The van der Waals surface area contributed by atoms with Crippen LogP contribution < -0.4 is 0 Å². The van der Waals surface area contributed by atoms with Gasteiger partial charge in [-0.3, -0.25) is 0 Å². The molecule has 0 spiro atoms. The van der Waals surface area contributed by atoms with Crippen molar-refractivity contribution in [1.82, 2.24) is 0 Å². The highest BCUT2D eigenvalue weighted by molar-refractivity contribution is 4.50. The summed E-state index contributed by atoms with van der Waals surface area (Å²) in [6, 6.07) is 0. The molecular formula is C11H22O4. The molecule has 1 fully saturated rings. The molecule has 1 aliphatic heterocycles. The van der Waals surface area contributed by atoms with Crippen LogP contribution in [0.5, 0.6) is 0 Å². The van der Waals surface area contributed by atoms with Crippen molar-refractivity contribution in [2.75, 3.05) is 26.4 Å². The number of hydrogen-bond donors (Lipinski definition) is 0. The van der Waals surface area contributed by atoms with Crippen LogP contribution in [0.1, 0.15) is 39.5 Å². The fraction of sp³-hybridized carbons (Fsp3) is 1.00. The molecule has 0 N–H and O–H groups in total. The first-order chi connectivity index (χ1) is 7.33. The summed E-state index contributed by atoms with van der Waals surface area (Å²) in [7, 11) is 0. The van der Waals surface area contributed by atoms with Crippen molar-refractivity contribution in [2.45, 2.75) is 45.7 Å². The van der Waals surface area contributed by atoms with Gasteiger partial charge >= 0.3 is 6.16 Å². The van der Waals surface area contributed by atoms with Crippen LogP contribution in [0.15, 0.2) is 0 Å². The van der Waals surface area contributed by atoms with Crippen LogP contribution in [0.4, 0.5) is 0 Å². The zero-order chi connectivity index (χ0) is 11.0. The predicted octanol–water partition coefficient (Wildman–Crippen LogP) is 2.28. The Balaban J connectivity index is 2.53. The van der Waals surface area contributed by atoms with Gasteiger partial charge < -0.3 is 18.9 Å². The van der Waals surface area contributed by atoms with E-state index in [-0.39, 0.29) is 0 Å². The zero-order valence-electron chi connectivity index (χ0n) is 9.79. The van der Waals surface area contributed by atoms with Gasteiger partial charge in [0.2, 0.25) is 0 Å². The van der Waals surface area contributed by atoms with Crippen LogP contribution in [-0.4, -0.2) is 32.6 Å². The molecule has 1 aliphatic rings. The molecule has 0 bridgehead atoms. The number of rotatable bonds is 4. The zero-order valence-corrected chi connectivity index (χ0v) is 9.79. The Kier molecular flexibility index (Phi) is 6.17. The molecule has 0 aliphatic carbocycles. The molecule has 0 unspecified atom stereocenters. The third-order valence-corrected chi connectivity index (χ3v) is 2.24. The highest BCUT2D eigenvalue weighted by Gasteiger charge is 2.35. The molecule has 15 heavy (non-hydrogen) atoms. The van der Waals surface area contributed by atoms with Crippen LogP contribution >= 0.6 is 0 Å². The minimum Gasteiger partial charge on any atom is -0.304 e. The molecule has 0 atom stereocenters. The second kappa shape index (κ2) is 7.17. The summed E-state index contributed by atoms with van der Waals surface area (Å²) in [4.78, 5) is 0. The summed E-state index contributed by atoms with van der Waals surface area (Å²) in [5.74, 6) is 0. The molecule has 1 rings (SSSR count). The SMILES string of the molecule is CCOC1(OCC)OCCCCCCO1. The van der Waals surface area contributed by atoms with Crippen molar-refractivity contribution in [1.29, 1.82) is 0 Å². The average molecular weight is 218 g/mol. The minimum absolute atomic E-state index is 0.514. The monoisotopic (exact) mass is 218 g/mol. The Bertz CT molecular complexity index is 143. The van der Waals surface area contributed by atoms with E-state index in [9.17, 15) is 0 Å². The smallest absolute Gasteiger partial charge is 0.304 e. The fourth-order valence-electron chi connectivity index (χ4n) is 1.56. The van der Waals surface area contributed by atoms with E-state index < -0.39 is 6.16 Å². The summed E-state index contributed by atoms with van der Waals surface area (Å²) in [5.41, 5.74) is 0. The van der Waals surface area contributed by atoms with Gasteiger partial charge in [-0.15, -0.1) is 0 Å². The summed E-state index contributed by atoms with van der Waals surface area (Å²) < 4.78 is 22.0. The van der Waals surface area contributed by atoms with Crippen molar-refractivity contribution < 1.29 is 18.9 Å².